The van der Waals surface area contributed by atoms with Crippen LogP contribution < -0.4 is 19.7 Å². The van der Waals surface area contributed by atoms with Gasteiger partial charge < -0.3 is 19.7 Å². The zero-order valence-electron chi connectivity index (χ0n) is 15.3. The summed E-state index contributed by atoms with van der Waals surface area (Å²) >= 11 is 0. The Balaban J connectivity index is 1.60. The molecule has 6 heteroatoms. The molecule has 138 valence electrons. The summed E-state index contributed by atoms with van der Waals surface area (Å²) in [6, 6.07) is 9.21. The lowest BCUT2D eigenvalue weighted by atomic mass is 10.2. The van der Waals surface area contributed by atoms with E-state index in [0.29, 0.717) is 30.2 Å². The molecule has 0 atom stereocenters. The molecular weight excluding hydrogens is 330 g/mol. The van der Waals surface area contributed by atoms with Gasteiger partial charge in [-0.25, -0.2) is 4.98 Å². The van der Waals surface area contributed by atoms with Crippen LogP contribution in [-0.2, 0) is 6.54 Å². The number of rotatable bonds is 7. The zero-order valence-corrected chi connectivity index (χ0v) is 15.3. The van der Waals surface area contributed by atoms with Gasteiger partial charge in [-0.1, -0.05) is 6.07 Å². The molecule has 0 saturated carbocycles. The molecule has 6 nitrogen and oxygen atoms in total. The number of benzene rings is 1. The second-order valence-corrected chi connectivity index (χ2v) is 6.20. The molecule has 0 radical (unpaired) electrons. The lowest BCUT2D eigenvalue weighted by molar-refractivity contribution is 0.0950. The molecule has 0 spiro atoms. The predicted octanol–water partition coefficient (Wildman–Crippen LogP) is 3.02. The average molecular weight is 355 g/mol. The topological polar surface area (TPSA) is 63.7 Å². The maximum absolute atomic E-state index is 12.4. The van der Waals surface area contributed by atoms with Crippen molar-refractivity contribution in [3.63, 3.8) is 0 Å². The Morgan fingerprint density at radius 1 is 1.19 bits per heavy atom. The van der Waals surface area contributed by atoms with Crippen LogP contribution in [0.2, 0.25) is 0 Å². The van der Waals surface area contributed by atoms with Gasteiger partial charge in [0.25, 0.3) is 5.91 Å². The number of nitrogens with zero attached hydrogens (tertiary/aromatic N) is 2. The van der Waals surface area contributed by atoms with Gasteiger partial charge in [0.15, 0.2) is 11.5 Å². The molecule has 1 amide bonds. The first-order chi connectivity index (χ1) is 12.7. The van der Waals surface area contributed by atoms with Crippen molar-refractivity contribution in [2.24, 2.45) is 0 Å². The number of carbonyl (C=O) groups is 1. The molecule has 1 aliphatic heterocycles. The lowest BCUT2D eigenvalue weighted by Crippen LogP contribution is -2.23. The van der Waals surface area contributed by atoms with Crippen LogP contribution in [0, 0.1) is 0 Å². The van der Waals surface area contributed by atoms with E-state index in [0.717, 1.165) is 24.5 Å². The van der Waals surface area contributed by atoms with Crippen LogP contribution in [0.5, 0.6) is 11.5 Å². The van der Waals surface area contributed by atoms with Crippen LogP contribution in [0.4, 0.5) is 5.82 Å². The van der Waals surface area contributed by atoms with Crippen molar-refractivity contribution in [3.05, 3.63) is 47.7 Å². The highest BCUT2D eigenvalue weighted by Crippen LogP contribution is 2.28. The molecule has 1 aliphatic rings. The Kier molecular flexibility index (Phi) is 5.94. The van der Waals surface area contributed by atoms with Crippen LogP contribution in [-0.4, -0.2) is 37.7 Å². The number of pyridine rings is 1. The van der Waals surface area contributed by atoms with Crippen molar-refractivity contribution < 1.29 is 14.3 Å². The Morgan fingerprint density at radius 2 is 2.00 bits per heavy atom. The maximum Gasteiger partial charge on any atom is 0.251 e. The SMILES string of the molecule is CCOc1cc(C(=O)NCc2ccc(N3CCCC3)nc2)ccc1OC. The molecule has 0 bridgehead atoms. The van der Waals surface area contributed by atoms with Crippen molar-refractivity contribution in [2.45, 2.75) is 26.3 Å². The smallest absolute Gasteiger partial charge is 0.251 e. The number of nitrogens with one attached hydrogen (secondary N) is 1. The third-order valence-corrected chi connectivity index (χ3v) is 4.42. The number of methoxy groups -OCH3 is 1. The van der Waals surface area contributed by atoms with Crippen molar-refractivity contribution in [1.82, 2.24) is 10.3 Å². The standard InChI is InChI=1S/C20H25N3O3/c1-3-26-18-12-16(7-8-17(18)25-2)20(24)22-14-15-6-9-19(21-13-15)23-10-4-5-11-23/h6-9,12-13H,3-5,10-11,14H2,1-2H3,(H,22,24). The van der Waals surface area contributed by atoms with E-state index in [1.54, 1.807) is 25.3 Å². The molecule has 1 aromatic carbocycles. The van der Waals surface area contributed by atoms with Crippen LogP contribution in [0.15, 0.2) is 36.5 Å². The van der Waals surface area contributed by atoms with Gasteiger partial charge in [0.2, 0.25) is 0 Å². The van der Waals surface area contributed by atoms with E-state index in [9.17, 15) is 4.79 Å². The van der Waals surface area contributed by atoms with Crippen molar-refractivity contribution in [3.8, 4) is 11.5 Å². The molecule has 0 unspecified atom stereocenters. The predicted molar refractivity (Wildman–Crippen MR) is 101 cm³/mol. The summed E-state index contributed by atoms with van der Waals surface area (Å²) in [5.41, 5.74) is 1.51. The Hall–Kier alpha value is -2.76. The van der Waals surface area contributed by atoms with Gasteiger partial charge in [-0.05, 0) is 49.6 Å². The number of hydrogen-bond acceptors (Lipinski definition) is 5. The normalized spacial score (nSPS) is 13.5. The molecule has 1 fully saturated rings. The van der Waals surface area contributed by atoms with Crippen molar-refractivity contribution >= 4 is 11.7 Å². The molecular formula is C20H25N3O3. The fourth-order valence-electron chi connectivity index (χ4n) is 3.03. The minimum atomic E-state index is -0.155. The van der Waals surface area contributed by atoms with E-state index in [4.69, 9.17) is 9.47 Å². The van der Waals surface area contributed by atoms with Gasteiger partial charge in [-0.15, -0.1) is 0 Å². The van der Waals surface area contributed by atoms with E-state index in [-0.39, 0.29) is 5.91 Å². The summed E-state index contributed by atoms with van der Waals surface area (Å²) in [7, 11) is 1.58. The lowest BCUT2D eigenvalue weighted by Gasteiger charge is -2.16. The quantitative estimate of drug-likeness (QED) is 0.827. The summed E-state index contributed by atoms with van der Waals surface area (Å²) in [6.45, 7) is 4.98. The van der Waals surface area contributed by atoms with Crippen molar-refractivity contribution in [1.29, 1.82) is 0 Å². The highest BCUT2D eigenvalue weighted by Gasteiger charge is 2.14. The first-order valence-electron chi connectivity index (χ1n) is 9.00. The van der Waals surface area contributed by atoms with E-state index in [2.05, 4.69) is 15.2 Å². The number of carbonyl (C=O) groups excluding carboxylic acids is 1. The highest BCUT2D eigenvalue weighted by atomic mass is 16.5. The summed E-state index contributed by atoms with van der Waals surface area (Å²) in [4.78, 5) is 19.2. The average Bonchev–Trinajstić information content (AvgIpc) is 3.21. The largest absolute Gasteiger partial charge is 0.493 e. The van der Waals surface area contributed by atoms with Gasteiger partial charge in [-0.3, -0.25) is 4.79 Å². The molecule has 2 heterocycles. The number of amides is 1. The monoisotopic (exact) mass is 355 g/mol. The van der Waals surface area contributed by atoms with E-state index >= 15 is 0 Å². The van der Waals surface area contributed by atoms with Gasteiger partial charge >= 0.3 is 0 Å². The molecule has 1 aromatic heterocycles. The molecule has 26 heavy (non-hydrogen) atoms. The second-order valence-electron chi connectivity index (χ2n) is 6.20. The summed E-state index contributed by atoms with van der Waals surface area (Å²) < 4.78 is 10.8. The molecule has 1 saturated heterocycles. The third-order valence-electron chi connectivity index (χ3n) is 4.42. The van der Waals surface area contributed by atoms with Gasteiger partial charge in [0.1, 0.15) is 5.82 Å². The number of hydrogen-bond donors (Lipinski definition) is 1. The van der Waals surface area contributed by atoms with Gasteiger partial charge in [-0.2, -0.15) is 0 Å². The summed E-state index contributed by atoms with van der Waals surface area (Å²) in [6.07, 6.45) is 4.28. The van der Waals surface area contributed by atoms with Crippen LogP contribution in [0.1, 0.15) is 35.7 Å². The first kappa shape index (κ1) is 18.0. The number of anilines is 1. The second kappa shape index (κ2) is 8.56. The summed E-state index contributed by atoms with van der Waals surface area (Å²) in [5.74, 6) is 2.04. The molecule has 1 N–H and O–H groups in total. The maximum atomic E-state index is 12.4. The molecule has 0 aliphatic carbocycles. The molecule has 2 aromatic rings. The third kappa shape index (κ3) is 4.25. The minimum Gasteiger partial charge on any atom is -0.493 e. The van der Waals surface area contributed by atoms with E-state index in [1.165, 1.54) is 12.8 Å². The number of aromatic nitrogens is 1. The van der Waals surface area contributed by atoms with Gasteiger partial charge in [0, 0.05) is 31.4 Å². The Labute approximate surface area is 154 Å². The summed E-state index contributed by atoms with van der Waals surface area (Å²) in [5, 5.41) is 2.92. The minimum absolute atomic E-state index is 0.155. The van der Waals surface area contributed by atoms with Crippen LogP contribution in [0.25, 0.3) is 0 Å². The first-order valence-corrected chi connectivity index (χ1v) is 9.00. The fraction of sp³-hybridized carbons (Fsp3) is 0.400. The van der Waals surface area contributed by atoms with Crippen molar-refractivity contribution in [2.75, 3.05) is 31.7 Å². The van der Waals surface area contributed by atoms with E-state index < -0.39 is 0 Å². The number of ether oxygens (including phenoxy) is 2. The van der Waals surface area contributed by atoms with Gasteiger partial charge in [0.05, 0.1) is 13.7 Å². The molecule has 3 rings (SSSR count). The zero-order chi connectivity index (χ0) is 18.4. The Bertz CT molecular complexity index is 740. The fourth-order valence-corrected chi connectivity index (χ4v) is 3.03. The van der Waals surface area contributed by atoms with E-state index in [1.807, 2.05) is 25.3 Å². The van der Waals surface area contributed by atoms with Crippen LogP contribution >= 0.6 is 0 Å². The highest BCUT2D eigenvalue weighted by molar-refractivity contribution is 5.94. The Morgan fingerprint density at radius 3 is 2.65 bits per heavy atom. The van der Waals surface area contributed by atoms with Crippen LogP contribution in [0.3, 0.4) is 0 Å².